The van der Waals surface area contributed by atoms with E-state index in [4.69, 9.17) is 9.47 Å². The quantitative estimate of drug-likeness (QED) is 0.0279. The highest BCUT2D eigenvalue weighted by Gasteiger charge is 2.54. The number of unbranched alkanes of at least 4 members (excludes halogenated alkanes) is 5. The molecule has 0 radical (unpaired) electrons. The molecule has 19 heteroatoms. The maximum atomic E-state index is 12.8. The van der Waals surface area contributed by atoms with Gasteiger partial charge in [0.25, 0.3) is 10.1 Å². The zero-order valence-electron chi connectivity index (χ0n) is 45.9. The van der Waals surface area contributed by atoms with Crippen LogP contribution in [0.2, 0.25) is 0 Å². The number of hydrogen-bond acceptors (Lipinski definition) is 11. The first-order chi connectivity index (χ1) is 36.9. The molecule has 0 aromatic heterocycles. The van der Waals surface area contributed by atoms with E-state index >= 15 is 0 Å². The molecule has 78 heavy (non-hydrogen) atoms. The van der Waals surface area contributed by atoms with Crippen LogP contribution in [0.4, 0.5) is 22.7 Å². The molecule has 5 aliphatic rings. The van der Waals surface area contributed by atoms with Crippen molar-refractivity contribution in [3.8, 4) is 5.75 Å². The molecule has 4 aromatic carbocycles. The number of ether oxygens (including phenoxy) is 2. The van der Waals surface area contributed by atoms with E-state index in [1.54, 1.807) is 42.5 Å². The largest absolute Gasteiger partial charge is 0.492 e. The van der Waals surface area contributed by atoms with Crippen LogP contribution >= 0.6 is 0 Å². The van der Waals surface area contributed by atoms with Gasteiger partial charge in [-0.05, 0) is 143 Å². The van der Waals surface area contributed by atoms with Gasteiger partial charge in [-0.3, -0.25) is 23.7 Å². The van der Waals surface area contributed by atoms with Gasteiger partial charge in [-0.2, -0.15) is 13.0 Å². The molecule has 0 spiro atoms. The highest BCUT2D eigenvalue weighted by molar-refractivity contribution is 7.92. The van der Waals surface area contributed by atoms with Crippen LogP contribution in [0, 0.1) is 0 Å². The van der Waals surface area contributed by atoms with Gasteiger partial charge in [-0.25, -0.2) is 16.8 Å². The molecule has 1 amide bonds. The van der Waals surface area contributed by atoms with Crippen LogP contribution in [-0.2, 0) is 63.4 Å². The second kappa shape index (κ2) is 23.3. The minimum atomic E-state index is -4.35. The number of allylic oxidation sites excluding steroid dienone is 1. The Morgan fingerprint density at radius 2 is 1.41 bits per heavy atom. The molecule has 5 heterocycles. The van der Waals surface area contributed by atoms with Gasteiger partial charge in [0.05, 0.1) is 35.0 Å². The molecular formula is C59H77N6O10S3+. The second-order valence-electron chi connectivity index (χ2n) is 22.7. The van der Waals surface area contributed by atoms with E-state index in [0.29, 0.717) is 43.2 Å². The molecule has 2 unspecified atom stereocenters. The van der Waals surface area contributed by atoms with Crippen molar-refractivity contribution < 1.29 is 48.6 Å². The Morgan fingerprint density at radius 3 is 2.12 bits per heavy atom. The van der Waals surface area contributed by atoms with Crippen molar-refractivity contribution in [1.82, 2.24) is 10.2 Å². The molecule has 2 atom stereocenters. The van der Waals surface area contributed by atoms with E-state index in [9.17, 15) is 34.6 Å². The molecule has 9 rings (SSSR count). The standard InChI is InChI=1S/C59H76N6O10S3/c1-58(2)49-38-42(18-26-51(49)64-34-29-53-47(56(58)64)40-48-54(75-53)30-35-65-52-27-25-46(78(71,72)73)39-50(52)59(3,4)57(48)65)14-10-9-11-15-55(66)60-31-12-7-8-13-32-63(33-28-41-16-19-43(20-17-41)61-76(5,67)68)36-37-74-45-23-21-44(22-24-45)62-77(6,69)70/h16-27,38-40,53-54,61-62H,7-15,28-37H2,1-6H3,(H-,60,66,71,72,73)/p+1. The Hall–Kier alpha value is -5.57. The van der Waals surface area contributed by atoms with E-state index in [2.05, 4.69) is 81.1 Å². The lowest BCUT2D eigenvalue weighted by molar-refractivity contribution is -0.445. The molecule has 0 bridgehead atoms. The van der Waals surface area contributed by atoms with E-state index in [0.717, 1.165) is 137 Å². The van der Waals surface area contributed by atoms with Crippen molar-refractivity contribution in [3.63, 3.8) is 0 Å². The normalized spacial score (nSPS) is 19.1. The van der Waals surface area contributed by atoms with Gasteiger partial charge < -0.3 is 19.7 Å². The van der Waals surface area contributed by atoms with Crippen LogP contribution in [0.15, 0.2) is 113 Å². The van der Waals surface area contributed by atoms with E-state index in [1.165, 1.54) is 34.2 Å². The molecule has 4 N–H and O–H groups in total. The number of benzene rings is 4. The predicted octanol–water partition coefficient (Wildman–Crippen LogP) is 9.01. The average molecular weight is 1130 g/mol. The summed E-state index contributed by atoms with van der Waals surface area (Å²) >= 11 is 0. The van der Waals surface area contributed by atoms with Crippen LogP contribution in [0.3, 0.4) is 0 Å². The van der Waals surface area contributed by atoms with Crippen molar-refractivity contribution >= 4 is 64.5 Å². The minimum Gasteiger partial charge on any atom is -0.492 e. The molecular weight excluding hydrogens is 1050 g/mol. The molecule has 4 aromatic rings. The molecule has 0 aliphatic carbocycles. The maximum Gasteiger partial charge on any atom is 0.294 e. The summed E-state index contributed by atoms with van der Waals surface area (Å²) in [7, 11) is -11.1. The molecule has 0 saturated carbocycles. The van der Waals surface area contributed by atoms with Gasteiger partial charge in [-0.15, -0.1) is 0 Å². The molecule has 0 fully saturated rings. The third-order valence-electron chi connectivity index (χ3n) is 16.0. The van der Waals surface area contributed by atoms with Crippen molar-refractivity contribution in [2.45, 2.75) is 133 Å². The number of carbonyl (C=O) groups excluding carboxylic acids is 1. The monoisotopic (exact) mass is 1130 g/mol. The Kier molecular flexibility index (Phi) is 17.0. The Morgan fingerprint density at radius 1 is 0.731 bits per heavy atom. The van der Waals surface area contributed by atoms with Crippen LogP contribution in [-0.4, -0.2) is 121 Å². The van der Waals surface area contributed by atoms with Gasteiger partial charge in [-0.1, -0.05) is 57.4 Å². The number of nitrogens with one attached hydrogen (secondary N) is 3. The van der Waals surface area contributed by atoms with E-state index in [1.807, 2.05) is 18.2 Å². The van der Waals surface area contributed by atoms with E-state index in [-0.39, 0.29) is 28.4 Å². The average Bonchev–Trinajstić information content (AvgIpc) is 4.03. The Labute approximate surface area is 462 Å². The lowest BCUT2D eigenvalue weighted by Crippen LogP contribution is -2.47. The van der Waals surface area contributed by atoms with Crippen molar-refractivity contribution in [1.29, 1.82) is 0 Å². The van der Waals surface area contributed by atoms with Gasteiger partial charge in [0.15, 0.2) is 12.3 Å². The van der Waals surface area contributed by atoms with Crippen LogP contribution in [0.1, 0.15) is 114 Å². The summed E-state index contributed by atoms with van der Waals surface area (Å²) in [5.74, 6) is 0.751. The van der Waals surface area contributed by atoms with Crippen molar-refractivity contribution in [2.24, 2.45) is 0 Å². The third kappa shape index (κ3) is 13.4. The fourth-order valence-electron chi connectivity index (χ4n) is 12.3. The van der Waals surface area contributed by atoms with Crippen molar-refractivity contribution in [3.05, 3.63) is 130 Å². The van der Waals surface area contributed by atoms with Crippen molar-refractivity contribution in [2.75, 3.05) is 72.7 Å². The van der Waals surface area contributed by atoms with Crippen LogP contribution in [0.25, 0.3) is 0 Å². The Balaban J connectivity index is 0.713. The summed E-state index contributed by atoms with van der Waals surface area (Å²) in [5.41, 5.74) is 11.9. The number of hydrogen-bond donors (Lipinski definition) is 4. The first kappa shape index (κ1) is 57.1. The summed E-state index contributed by atoms with van der Waals surface area (Å²) in [6.07, 6.45) is 15.3. The number of sulfonamides is 2. The second-order valence-corrected chi connectivity index (χ2v) is 27.7. The molecule has 5 aliphatic heterocycles. The minimum absolute atomic E-state index is 0.000328. The lowest BCUT2D eigenvalue weighted by atomic mass is 9.74. The summed E-state index contributed by atoms with van der Waals surface area (Å²) < 4.78 is 101. The van der Waals surface area contributed by atoms with Gasteiger partial charge in [0, 0.05) is 90.0 Å². The fourth-order valence-corrected chi connectivity index (χ4v) is 13.9. The number of nitrogens with zero attached hydrogens (tertiary/aromatic N) is 3. The Bertz CT molecular complexity index is 3340. The van der Waals surface area contributed by atoms with Gasteiger partial charge in [0.1, 0.15) is 12.4 Å². The van der Waals surface area contributed by atoms with Crippen LogP contribution < -0.4 is 24.4 Å². The first-order valence-electron chi connectivity index (χ1n) is 27.5. The molecule has 16 nitrogen and oxygen atoms in total. The number of rotatable bonds is 25. The number of anilines is 3. The fraction of sp³-hybridized carbons (Fsp3) is 0.492. The third-order valence-corrected chi connectivity index (χ3v) is 18.1. The zero-order chi connectivity index (χ0) is 55.6. The number of aryl methyl sites for hydroxylation is 1. The first-order valence-corrected chi connectivity index (χ1v) is 32.7. The number of fused-ring (bicyclic) bond motifs is 8. The summed E-state index contributed by atoms with van der Waals surface area (Å²) in [6.45, 7) is 14.1. The van der Waals surface area contributed by atoms with Crippen LogP contribution in [0.5, 0.6) is 5.75 Å². The summed E-state index contributed by atoms with van der Waals surface area (Å²) in [5, 5.41) is 3.14. The SMILES string of the molecule is CC1(C)C2=C3C=C4C5=[N+](CCC4OC3CCN2c2ccc(CCCCCC(=O)NCCCCCCN(CCOc3ccc(NS(C)(=O)=O)cc3)CCc3ccc(NS(C)(=O)=O)cc3)cc21)c1ccc(S(=O)(=O)O)cc1C5(C)C. The number of carbonyl (C=O) groups is 1. The maximum absolute atomic E-state index is 12.8. The number of amides is 1. The lowest BCUT2D eigenvalue weighted by Gasteiger charge is -2.42. The molecule has 420 valence electrons. The smallest absolute Gasteiger partial charge is 0.294 e. The summed E-state index contributed by atoms with van der Waals surface area (Å²) in [4.78, 5) is 17.6. The predicted molar refractivity (Wildman–Crippen MR) is 308 cm³/mol. The molecule has 0 saturated heterocycles. The van der Waals surface area contributed by atoms with Gasteiger partial charge >= 0.3 is 0 Å². The van der Waals surface area contributed by atoms with Gasteiger partial charge in [0.2, 0.25) is 31.6 Å². The topological polar surface area (TPSA) is 204 Å². The zero-order valence-corrected chi connectivity index (χ0v) is 48.4. The highest BCUT2D eigenvalue weighted by Crippen LogP contribution is 2.54. The summed E-state index contributed by atoms with van der Waals surface area (Å²) in [6, 6.07) is 26.2. The van der Waals surface area contributed by atoms with E-state index < -0.39 is 35.6 Å². The highest BCUT2D eigenvalue weighted by atomic mass is 32.2.